The van der Waals surface area contributed by atoms with Crippen molar-refractivity contribution in [3.63, 3.8) is 0 Å². The molecule has 0 spiro atoms. The molecule has 0 bridgehead atoms. The molecule has 150 valence electrons. The lowest BCUT2D eigenvalue weighted by Gasteiger charge is -2.34. The van der Waals surface area contributed by atoms with E-state index in [0.29, 0.717) is 17.1 Å². The molecular formula is C20H21ClN6O2. The van der Waals surface area contributed by atoms with Crippen LogP contribution < -0.4 is 15.5 Å². The minimum absolute atomic E-state index is 0.0163. The summed E-state index contributed by atoms with van der Waals surface area (Å²) in [4.78, 5) is 38.4. The third kappa shape index (κ3) is 4.32. The summed E-state index contributed by atoms with van der Waals surface area (Å²) in [5.41, 5.74) is 1.15. The first-order valence-electron chi connectivity index (χ1n) is 9.47. The van der Waals surface area contributed by atoms with Gasteiger partial charge in [-0.25, -0.2) is 9.97 Å². The first-order valence-corrected chi connectivity index (χ1v) is 9.85. The molecule has 3 aromatic rings. The Morgan fingerprint density at radius 3 is 2.97 bits per heavy atom. The van der Waals surface area contributed by atoms with Gasteiger partial charge in [-0.15, -0.1) is 0 Å². The third-order valence-electron chi connectivity index (χ3n) is 4.95. The number of anilines is 1. The summed E-state index contributed by atoms with van der Waals surface area (Å²) >= 11 is 6.02. The number of nitrogens with zero attached hydrogens (tertiary/aromatic N) is 3. The number of halogens is 1. The van der Waals surface area contributed by atoms with E-state index >= 15 is 0 Å². The Morgan fingerprint density at radius 1 is 1.24 bits per heavy atom. The number of H-pyrrole nitrogens is 1. The maximum absolute atomic E-state index is 12.3. The predicted octanol–water partition coefficient (Wildman–Crippen LogP) is 2.13. The lowest BCUT2D eigenvalue weighted by atomic mass is 10.1. The highest BCUT2D eigenvalue weighted by atomic mass is 35.5. The molecule has 2 amide bonds. The Labute approximate surface area is 172 Å². The molecule has 3 N–H and O–H groups in total. The monoisotopic (exact) mass is 412 g/mol. The number of carbonyl (C=O) groups excluding carboxylic acids is 2. The van der Waals surface area contributed by atoms with Gasteiger partial charge in [0.2, 0.25) is 5.91 Å². The molecule has 1 aliphatic heterocycles. The van der Waals surface area contributed by atoms with Crippen LogP contribution in [0, 0.1) is 0 Å². The number of amides is 2. The van der Waals surface area contributed by atoms with Crippen molar-refractivity contribution in [1.29, 1.82) is 0 Å². The van der Waals surface area contributed by atoms with Gasteiger partial charge in [-0.3, -0.25) is 9.59 Å². The highest BCUT2D eigenvalue weighted by molar-refractivity contribution is 6.33. The van der Waals surface area contributed by atoms with Gasteiger partial charge in [0, 0.05) is 25.3 Å². The number of benzene rings is 1. The Morgan fingerprint density at radius 2 is 2.10 bits per heavy atom. The normalized spacial score (nSPS) is 16.6. The summed E-state index contributed by atoms with van der Waals surface area (Å²) in [5, 5.41) is 6.94. The first-order chi connectivity index (χ1) is 14.1. The van der Waals surface area contributed by atoms with Crippen molar-refractivity contribution in [2.75, 3.05) is 24.5 Å². The lowest BCUT2D eigenvalue weighted by Crippen LogP contribution is -2.50. The van der Waals surface area contributed by atoms with Crippen LogP contribution in [-0.4, -0.2) is 52.4 Å². The van der Waals surface area contributed by atoms with Gasteiger partial charge in [0.15, 0.2) is 0 Å². The maximum Gasteiger partial charge on any atom is 0.253 e. The van der Waals surface area contributed by atoms with Crippen LogP contribution in [0.2, 0.25) is 5.02 Å². The van der Waals surface area contributed by atoms with E-state index in [1.165, 1.54) is 0 Å². The van der Waals surface area contributed by atoms with Crippen molar-refractivity contribution in [1.82, 2.24) is 25.6 Å². The van der Waals surface area contributed by atoms with E-state index in [2.05, 4.69) is 30.5 Å². The van der Waals surface area contributed by atoms with Crippen molar-refractivity contribution < 1.29 is 9.59 Å². The van der Waals surface area contributed by atoms with Gasteiger partial charge in [0.1, 0.15) is 17.8 Å². The molecule has 1 saturated heterocycles. The zero-order chi connectivity index (χ0) is 20.2. The standard InChI is InChI=1S/C20H21ClN6O2/c21-16-6-2-1-5-14(16)20(29)23-10-17(28)26-13-4-3-9-27(11-13)19-15-7-8-22-18(15)24-12-25-19/h1-2,5-8,12-13H,3-4,9-11H2,(H,23,29)(H,26,28)(H,22,24,25). The molecule has 8 nitrogen and oxygen atoms in total. The van der Waals surface area contributed by atoms with Gasteiger partial charge in [-0.2, -0.15) is 0 Å². The zero-order valence-electron chi connectivity index (χ0n) is 15.7. The second-order valence-electron chi connectivity index (χ2n) is 6.95. The van der Waals surface area contributed by atoms with Crippen molar-refractivity contribution in [2.24, 2.45) is 0 Å². The molecule has 3 heterocycles. The molecule has 9 heteroatoms. The number of aromatic nitrogens is 3. The Balaban J connectivity index is 1.33. The zero-order valence-corrected chi connectivity index (χ0v) is 16.4. The van der Waals surface area contributed by atoms with E-state index in [-0.39, 0.29) is 24.4 Å². The van der Waals surface area contributed by atoms with Crippen LogP contribution in [0.5, 0.6) is 0 Å². The first kappa shape index (κ1) is 19.2. The fourth-order valence-corrected chi connectivity index (χ4v) is 3.80. The van der Waals surface area contributed by atoms with E-state index in [0.717, 1.165) is 36.2 Å². The summed E-state index contributed by atoms with van der Waals surface area (Å²) < 4.78 is 0. The molecule has 1 aliphatic rings. The fraction of sp³-hybridized carbons (Fsp3) is 0.300. The molecule has 2 aromatic heterocycles. The second-order valence-corrected chi connectivity index (χ2v) is 7.36. The van der Waals surface area contributed by atoms with Gasteiger partial charge in [-0.1, -0.05) is 23.7 Å². The number of hydrogen-bond acceptors (Lipinski definition) is 5. The molecule has 0 saturated carbocycles. The highest BCUT2D eigenvalue weighted by Gasteiger charge is 2.24. The van der Waals surface area contributed by atoms with Gasteiger partial charge in [0.05, 0.1) is 22.5 Å². The molecule has 0 radical (unpaired) electrons. The second kappa shape index (κ2) is 8.48. The number of hydrogen-bond donors (Lipinski definition) is 3. The number of rotatable bonds is 5. The average Bonchev–Trinajstić information content (AvgIpc) is 3.21. The Bertz CT molecular complexity index is 1040. The summed E-state index contributed by atoms with van der Waals surface area (Å²) in [6.45, 7) is 1.42. The fourth-order valence-electron chi connectivity index (χ4n) is 3.58. The number of fused-ring (bicyclic) bond motifs is 1. The maximum atomic E-state index is 12.3. The summed E-state index contributed by atoms with van der Waals surface area (Å²) in [6, 6.07) is 8.68. The smallest absolute Gasteiger partial charge is 0.253 e. The van der Waals surface area contributed by atoms with Gasteiger partial charge >= 0.3 is 0 Å². The Kier molecular flexibility index (Phi) is 5.62. The van der Waals surface area contributed by atoms with Gasteiger partial charge in [-0.05, 0) is 31.0 Å². The van der Waals surface area contributed by atoms with E-state index in [9.17, 15) is 9.59 Å². The topological polar surface area (TPSA) is 103 Å². The summed E-state index contributed by atoms with van der Waals surface area (Å²) in [6.07, 6.45) is 5.20. The van der Waals surface area contributed by atoms with Crippen molar-refractivity contribution in [3.8, 4) is 0 Å². The molecule has 1 fully saturated rings. The average molecular weight is 413 g/mol. The predicted molar refractivity (Wildman–Crippen MR) is 111 cm³/mol. The van der Waals surface area contributed by atoms with Crippen LogP contribution in [0.4, 0.5) is 5.82 Å². The number of piperidine rings is 1. The molecular weight excluding hydrogens is 392 g/mol. The minimum atomic E-state index is -0.369. The van der Waals surface area contributed by atoms with Crippen molar-refractivity contribution in [2.45, 2.75) is 18.9 Å². The quantitative estimate of drug-likeness (QED) is 0.595. The Hall–Kier alpha value is -3.13. The number of aromatic amines is 1. The van der Waals surface area contributed by atoms with Crippen molar-refractivity contribution >= 4 is 40.3 Å². The van der Waals surface area contributed by atoms with E-state index in [1.807, 2.05) is 12.3 Å². The molecule has 1 unspecified atom stereocenters. The molecule has 1 aromatic carbocycles. The van der Waals surface area contributed by atoms with Crippen LogP contribution in [0.15, 0.2) is 42.9 Å². The van der Waals surface area contributed by atoms with Gasteiger partial charge < -0.3 is 20.5 Å². The van der Waals surface area contributed by atoms with Crippen LogP contribution in [0.25, 0.3) is 11.0 Å². The summed E-state index contributed by atoms with van der Waals surface area (Å²) in [5.74, 6) is 0.265. The number of nitrogens with one attached hydrogen (secondary N) is 3. The van der Waals surface area contributed by atoms with Crippen LogP contribution in [0.3, 0.4) is 0 Å². The minimum Gasteiger partial charge on any atom is -0.354 e. The summed E-state index contributed by atoms with van der Waals surface area (Å²) in [7, 11) is 0. The van der Waals surface area contributed by atoms with E-state index in [4.69, 9.17) is 11.6 Å². The lowest BCUT2D eigenvalue weighted by molar-refractivity contribution is -0.120. The van der Waals surface area contributed by atoms with E-state index < -0.39 is 0 Å². The van der Waals surface area contributed by atoms with Crippen LogP contribution in [0.1, 0.15) is 23.2 Å². The third-order valence-corrected chi connectivity index (χ3v) is 5.28. The molecule has 1 atom stereocenters. The highest BCUT2D eigenvalue weighted by Crippen LogP contribution is 2.25. The van der Waals surface area contributed by atoms with Crippen LogP contribution in [-0.2, 0) is 4.79 Å². The van der Waals surface area contributed by atoms with Crippen LogP contribution >= 0.6 is 11.6 Å². The molecule has 0 aliphatic carbocycles. The van der Waals surface area contributed by atoms with Gasteiger partial charge in [0.25, 0.3) is 5.91 Å². The number of carbonyl (C=O) groups is 2. The van der Waals surface area contributed by atoms with Crippen molar-refractivity contribution in [3.05, 3.63) is 53.4 Å². The molecule has 4 rings (SSSR count). The largest absolute Gasteiger partial charge is 0.354 e. The SMILES string of the molecule is O=C(CNC(=O)c1ccccc1Cl)NC1CCCN(c2ncnc3[nH]ccc23)C1. The molecule has 29 heavy (non-hydrogen) atoms. The van der Waals surface area contributed by atoms with E-state index in [1.54, 1.807) is 30.6 Å².